The molecule has 0 aliphatic heterocycles. The molecule has 0 saturated heterocycles. The van der Waals surface area contributed by atoms with Gasteiger partial charge < -0.3 is 11.1 Å². The molecule has 0 saturated carbocycles. The molecule has 1 aromatic heterocycles. The molecule has 1 amide bonds. The Morgan fingerprint density at radius 2 is 2.10 bits per heavy atom. The number of nitrogens with two attached hydrogens (primary N) is 1. The monoisotopic (exact) mass is 279 g/mol. The normalized spacial score (nSPS) is 9.67. The second-order valence-corrected chi connectivity index (χ2v) is 4.65. The highest BCUT2D eigenvalue weighted by atomic mass is 16.1. The van der Waals surface area contributed by atoms with Crippen molar-refractivity contribution in [2.75, 3.05) is 11.9 Å². The first kappa shape index (κ1) is 14.8. The van der Waals surface area contributed by atoms with Gasteiger partial charge in [0.25, 0.3) is 5.91 Å². The van der Waals surface area contributed by atoms with E-state index in [0.29, 0.717) is 17.9 Å². The number of pyridine rings is 1. The zero-order valence-corrected chi connectivity index (χ0v) is 12.1. The van der Waals surface area contributed by atoms with Gasteiger partial charge in [0.05, 0.1) is 6.54 Å². The Labute approximate surface area is 124 Å². The molecule has 106 valence electrons. The van der Waals surface area contributed by atoms with E-state index in [1.165, 1.54) is 0 Å². The number of amides is 1. The average molecular weight is 279 g/mol. The number of anilines is 1. The van der Waals surface area contributed by atoms with Gasteiger partial charge in [-0.3, -0.25) is 4.79 Å². The summed E-state index contributed by atoms with van der Waals surface area (Å²) in [4.78, 5) is 16.4. The number of carbonyl (C=O) groups is 1. The zero-order valence-electron chi connectivity index (χ0n) is 12.1. The van der Waals surface area contributed by atoms with Crippen LogP contribution in [0.4, 0.5) is 5.82 Å². The Balaban J connectivity index is 2.18. The maximum absolute atomic E-state index is 12.2. The van der Waals surface area contributed by atoms with E-state index in [9.17, 15) is 4.79 Å². The van der Waals surface area contributed by atoms with Gasteiger partial charge in [-0.15, -0.1) is 0 Å². The molecule has 0 aliphatic rings. The van der Waals surface area contributed by atoms with E-state index in [-0.39, 0.29) is 5.91 Å². The predicted molar refractivity (Wildman–Crippen MR) is 84.0 cm³/mol. The molecule has 0 unspecified atom stereocenters. The van der Waals surface area contributed by atoms with Gasteiger partial charge in [-0.1, -0.05) is 17.9 Å². The first-order valence-corrected chi connectivity index (χ1v) is 6.65. The van der Waals surface area contributed by atoms with E-state index < -0.39 is 0 Å². The number of rotatable bonds is 2. The average Bonchev–Trinajstić information content (AvgIpc) is 2.46. The van der Waals surface area contributed by atoms with Crippen LogP contribution in [0.3, 0.4) is 0 Å². The van der Waals surface area contributed by atoms with E-state index in [0.717, 1.165) is 16.8 Å². The lowest BCUT2D eigenvalue weighted by Crippen LogP contribution is -2.13. The highest BCUT2D eigenvalue weighted by Gasteiger charge is 2.08. The lowest BCUT2D eigenvalue weighted by Gasteiger charge is -2.06. The first-order valence-electron chi connectivity index (χ1n) is 6.65. The van der Waals surface area contributed by atoms with Crippen molar-refractivity contribution in [2.24, 2.45) is 5.73 Å². The summed E-state index contributed by atoms with van der Waals surface area (Å²) >= 11 is 0. The van der Waals surface area contributed by atoms with Gasteiger partial charge in [0.1, 0.15) is 5.82 Å². The summed E-state index contributed by atoms with van der Waals surface area (Å²) in [6.45, 7) is 4.12. The van der Waals surface area contributed by atoms with Crippen LogP contribution in [0.5, 0.6) is 0 Å². The van der Waals surface area contributed by atoms with Crippen molar-refractivity contribution in [2.45, 2.75) is 13.8 Å². The largest absolute Gasteiger partial charge is 0.320 e. The van der Waals surface area contributed by atoms with E-state index in [1.807, 2.05) is 38.1 Å². The molecular weight excluding hydrogens is 262 g/mol. The van der Waals surface area contributed by atoms with Crippen molar-refractivity contribution in [3.8, 4) is 11.8 Å². The van der Waals surface area contributed by atoms with E-state index in [2.05, 4.69) is 22.1 Å². The standard InChI is InChI=1S/C17H17N3O/c1-12-11-15(9-8-14(12)6-4-10-18)17(21)20-16-7-3-5-13(2)19-16/h3,5,7-9,11H,10,18H2,1-2H3,(H,19,20,21). The molecule has 0 radical (unpaired) electrons. The van der Waals surface area contributed by atoms with Crippen molar-refractivity contribution >= 4 is 11.7 Å². The molecule has 0 aliphatic carbocycles. The van der Waals surface area contributed by atoms with E-state index >= 15 is 0 Å². The minimum atomic E-state index is -0.186. The Morgan fingerprint density at radius 1 is 1.29 bits per heavy atom. The van der Waals surface area contributed by atoms with Crippen molar-refractivity contribution in [1.29, 1.82) is 0 Å². The zero-order chi connectivity index (χ0) is 15.2. The lowest BCUT2D eigenvalue weighted by atomic mass is 10.0. The van der Waals surface area contributed by atoms with Crippen molar-refractivity contribution in [3.63, 3.8) is 0 Å². The second-order valence-electron chi connectivity index (χ2n) is 4.65. The number of benzene rings is 1. The van der Waals surface area contributed by atoms with Crippen LogP contribution in [-0.4, -0.2) is 17.4 Å². The third-order valence-electron chi connectivity index (χ3n) is 2.94. The topological polar surface area (TPSA) is 68.0 Å². The van der Waals surface area contributed by atoms with E-state index in [1.54, 1.807) is 12.1 Å². The van der Waals surface area contributed by atoms with E-state index in [4.69, 9.17) is 5.73 Å². The fraction of sp³-hybridized carbons (Fsp3) is 0.176. The third-order valence-corrected chi connectivity index (χ3v) is 2.94. The first-order chi connectivity index (χ1) is 10.1. The maximum atomic E-state index is 12.2. The molecule has 1 aromatic carbocycles. The fourth-order valence-electron chi connectivity index (χ4n) is 1.89. The summed E-state index contributed by atoms with van der Waals surface area (Å²) in [6.07, 6.45) is 0. The molecule has 0 spiro atoms. The molecular formula is C17H17N3O. The van der Waals surface area contributed by atoms with Crippen LogP contribution in [0.15, 0.2) is 36.4 Å². The van der Waals surface area contributed by atoms with Crippen molar-refractivity contribution in [1.82, 2.24) is 4.98 Å². The van der Waals surface area contributed by atoms with Gasteiger partial charge in [0.2, 0.25) is 0 Å². The summed E-state index contributed by atoms with van der Waals surface area (Å²) in [5.41, 5.74) is 8.62. The SMILES string of the molecule is Cc1cccc(NC(=O)c2ccc(C#CCN)c(C)c2)n1. The van der Waals surface area contributed by atoms with Crippen molar-refractivity contribution < 1.29 is 4.79 Å². The van der Waals surface area contributed by atoms with Crippen LogP contribution in [0.25, 0.3) is 0 Å². The van der Waals surface area contributed by atoms with Crippen molar-refractivity contribution in [3.05, 3.63) is 58.8 Å². The molecule has 4 heteroatoms. The summed E-state index contributed by atoms with van der Waals surface area (Å²) in [5, 5.41) is 2.78. The number of nitrogens with zero attached hydrogens (tertiary/aromatic N) is 1. The Hall–Kier alpha value is -2.64. The van der Waals surface area contributed by atoms with Gasteiger partial charge in [0, 0.05) is 16.8 Å². The quantitative estimate of drug-likeness (QED) is 0.829. The highest BCUT2D eigenvalue weighted by Crippen LogP contribution is 2.12. The molecule has 1 heterocycles. The predicted octanol–water partition coefficient (Wildman–Crippen LogP) is 2.26. The lowest BCUT2D eigenvalue weighted by molar-refractivity contribution is 0.102. The summed E-state index contributed by atoms with van der Waals surface area (Å²) < 4.78 is 0. The molecule has 21 heavy (non-hydrogen) atoms. The number of aromatic nitrogens is 1. The molecule has 0 bridgehead atoms. The molecule has 0 fully saturated rings. The molecule has 3 N–H and O–H groups in total. The van der Waals surface area contributed by atoms with Gasteiger partial charge >= 0.3 is 0 Å². The van der Waals surface area contributed by atoms with Crippen LogP contribution in [0, 0.1) is 25.7 Å². The van der Waals surface area contributed by atoms with Gasteiger partial charge in [-0.25, -0.2) is 4.98 Å². The van der Waals surface area contributed by atoms with Crippen LogP contribution in [0.2, 0.25) is 0 Å². The van der Waals surface area contributed by atoms with Gasteiger partial charge in [0.15, 0.2) is 0 Å². The molecule has 2 rings (SSSR count). The third kappa shape index (κ3) is 3.91. The van der Waals surface area contributed by atoms with Gasteiger partial charge in [-0.05, 0) is 49.7 Å². The molecule has 4 nitrogen and oxygen atoms in total. The summed E-state index contributed by atoms with van der Waals surface area (Å²) in [7, 11) is 0. The van der Waals surface area contributed by atoms with Crippen LogP contribution < -0.4 is 11.1 Å². The van der Waals surface area contributed by atoms with Crippen LogP contribution in [-0.2, 0) is 0 Å². The number of hydrogen-bond donors (Lipinski definition) is 2. The van der Waals surface area contributed by atoms with Gasteiger partial charge in [-0.2, -0.15) is 0 Å². The fourth-order valence-corrected chi connectivity index (χ4v) is 1.89. The molecule has 0 atom stereocenters. The van der Waals surface area contributed by atoms with Crippen LogP contribution in [0.1, 0.15) is 27.2 Å². The minimum Gasteiger partial charge on any atom is -0.320 e. The Morgan fingerprint density at radius 3 is 2.76 bits per heavy atom. The number of aryl methyl sites for hydroxylation is 2. The number of nitrogens with one attached hydrogen (secondary N) is 1. The minimum absolute atomic E-state index is 0.186. The summed E-state index contributed by atoms with van der Waals surface area (Å²) in [6, 6.07) is 10.9. The molecule has 2 aromatic rings. The smallest absolute Gasteiger partial charge is 0.256 e. The summed E-state index contributed by atoms with van der Waals surface area (Å²) in [5.74, 6) is 6.14. The maximum Gasteiger partial charge on any atom is 0.256 e. The Bertz CT molecular complexity index is 726. The Kier molecular flexibility index (Phi) is 4.70. The second kappa shape index (κ2) is 6.69. The van der Waals surface area contributed by atoms with Crippen LogP contribution >= 0.6 is 0 Å². The number of hydrogen-bond acceptors (Lipinski definition) is 3. The highest BCUT2D eigenvalue weighted by molar-refractivity contribution is 6.04. The number of carbonyl (C=O) groups excluding carboxylic acids is 1.